The first-order valence-corrected chi connectivity index (χ1v) is 8.89. The van der Waals surface area contributed by atoms with Gasteiger partial charge in [-0.25, -0.2) is 0 Å². The van der Waals surface area contributed by atoms with E-state index in [9.17, 15) is 9.59 Å². The van der Waals surface area contributed by atoms with E-state index in [0.717, 1.165) is 11.4 Å². The minimum atomic E-state index is -0.255. The number of nitrogens with one attached hydrogen (secondary N) is 2. The molecule has 1 saturated carbocycles. The lowest BCUT2D eigenvalue weighted by molar-refractivity contribution is -0.127. The molecular weight excluding hydrogens is 346 g/mol. The number of carbonyl (C=O) groups is 2. The zero-order valence-corrected chi connectivity index (χ0v) is 15.2. The number of amides is 2. The summed E-state index contributed by atoms with van der Waals surface area (Å²) in [7, 11) is 1.61. The van der Waals surface area contributed by atoms with Gasteiger partial charge in [0.25, 0.3) is 0 Å². The summed E-state index contributed by atoms with van der Waals surface area (Å²) in [5.74, 6) is 0.757. The van der Waals surface area contributed by atoms with Crippen LogP contribution >= 0.6 is 0 Å². The molecule has 0 bridgehead atoms. The van der Waals surface area contributed by atoms with Crippen molar-refractivity contribution in [3.63, 3.8) is 0 Å². The molecule has 0 saturated heterocycles. The number of pyridine rings is 1. The van der Waals surface area contributed by atoms with E-state index >= 15 is 0 Å². The van der Waals surface area contributed by atoms with E-state index in [1.807, 2.05) is 42.5 Å². The number of nitrogens with zero attached hydrogens (tertiary/aromatic N) is 1. The number of rotatable bonds is 9. The van der Waals surface area contributed by atoms with Crippen LogP contribution in [0, 0.1) is 11.8 Å². The Morgan fingerprint density at radius 3 is 2.41 bits per heavy atom. The second kappa shape index (κ2) is 9.02. The number of hydrogen-bond donors (Lipinski definition) is 2. The van der Waals surface area contributed by atoms with Crippen molar-refractivity contribution in [1.29, 1.82) is 0 Å². The minimum Gasteiger partial charge on any atom is -0.497 e. The van der Waals surface area contributed by atoms with Crippen LogP contribution in [0.5, 0.6) is 11.5 Å². The van der Waals surface area contributed by atoms with Gasteiger partial charge in [-0.1, -0.05) is 6.07 Å². The fraction of sp³-hybridized carbons (Fsp3) is 0.350. The summed E-state index contributed by atoms with van der Waals surface area (Å²) in [6.07, 6.45) is 2.27. The van der Waals surface area contributed by atoms with E-state index in [2.05, 4.69) is 15.6 Å². The lowest BCUT2D eigenvalue weighted by Crippen LogP contribution is -2.32. The predicted octanol–water partition coefficient (Wildman–Crippen LogP) is 1.54. The predicted molar refractivity (Wildman–Crippen MR) is 99.2 cm³/mol. The maximum absolute atomic E-state index is 12.1. The van der Waals surface area contributed by atoms with Crippen molar-refractivity contribution in [2.75, 3.05) is 20.3 Å². The van der Waals surface area contributed by atoms with Gasteiger partial charge in [-0.05, 0) is 42.8 Å². The highest BCUT2D eigenvalue weighted by Gasteiger charge is 2.47. The van der Waals surface area contributed by atoms with Gasteiger partial charge in [0, 0.05) is 6.20 Å². The molecule has 1 fully saturated rings. The molecule has 2 aromatic rings. The van der Waals surface area contributed by atoms with Crippen molar-refractivity contribution in [2.45, 2.75) is 13.0 Å². The normalized spacial score (nSPS) is 17.7. The average molecular weight is 369 g/mol. The lowest BCUT2D eigenvalue weighted by Gasteiger charge is -2.08. The maximum Gasteiger partial charge on any atom is 0.224 e. The molecule has 27 heavy (non-hydrogen) atoms. The van der Waals surface area contributed by atoms with Crippen LogP contribution in [0.4, 0.5) is 0 Å². The van der Waals surface area contributed by atoms with Crippen molar-refractivity contribution in [1.82, 2.24) is 15.6 Å². The van der Waals surface area contributed by atoms with Crippen LogP contribution in [-0.4, -0.2) is 37.1 Å². The van der Waals surface area contributed by atoms with E-state index in [0.29, 0.717) is 31.9 Å². The lowest BCUT2D eigenvalue weighted by atomic mass is 10.2. The Morgan fingerprint density at radius 1 is 1.04 bits per heavy atom. The van der Waals surface area contributed by atoms with Gasteiger partial charge in [-0.2, -0.15) is 0 Å². The Labute approximate surface area is 158 Å². The van der Waals surface area contributed by atoms with Crippen LogP contribution in [0.15, 0.2) is 48.7 Å². The fourth-order valence-corrected chi connectivity index (χ4v) is 2.73. The van der Waals surface area contributed by atoms with Crippen molar-refractivity contribution in [2.24, 2.45) is 11.8 Å². The van der Waals surface area contributed by atoms with Crippen LogP contribution in [0.25, 0.3) is 0 Å². The van der Waals surface area contributed by atoms with Crippen molar-refractivity contribution in [3.05, 3.63) is 54.4 Å². The molecule has 142 valence electrons. The van der Waals surface area contributed by atoms with Gasteiger partial charge < -0.3 is 20.1 Å². The topological polar surface area (TPSA) is 89.5 Å². The van der Waals surface area contributed by atoms with Crippen molar-refractivity contribution >= 4 is 11.8 Å². The number of hydrogen-bond acceptors (Lipinski definition) is 5. The van der Waals surface area contributed by atoms with Crippen LogP contribution < -0.4 is 20.1 Å². The second-order valence-electron chi connectivity index (χ2n) is 6.30. The number of ether oxygens (including phenoxy) is 2. The first kappa shape index (κ1) is 18.7. The zero-order chi connectivity index (χ0) is 19.1. The molecule has 0 radical (unpaired) electrons. The van der Waals surface area contributed by atoms with Crippen LogP contribution in [-0.2, 0) is 16.1 Å². The maximum atomic E-state index is 12.1. The van der Waals surface area contributed by atoms with E-state index < -0.39 is 0 Å². The molecular formula is C20H23N3O4. The third-order valence-corrected chi connectivity index (χ3v) is 4.36. The number of carbonyl (C=O) groups excluding carboxylic acids is 2. The molecule has 1 aromatic carbocycles. The highest BCUT2D eigenvalue weighted by atomic mass is 16.5. The van der Waals surface area contributed by atoms with Crippen LogP contribution in [0.3, 0.4) is 0 Å². The van der Waals surface area contributed by atoms with E-state index in [-0.39, 0.29) is 23.7 Å². The fourth-order valence-electron chi connectivity index (χ4n) is 2.73. The zero-order valence-electron chi connectivity index (χ0n) is 15.2. The minimum absolute atomic E-state index is 0.102. The monoisotopic (exact) mass is 369 g/mol. The van der Waals surface area contributed by atoms with Gasteiger partial charge >= 0.3 is 0 Å². The molecule has 7 nitrogen and oxygen atoms in total. The Kier molecular flexibility index (Phi) is 6.25. The molecule has 2 atom stereocenters. The molecule has 0 aliphatic heterocycles. The Balaban J connectivity index is 1.31. The summed E-state index contributed by atoms with van der Waals surface area (Å²) in [4.78, 5) is 28.4. The molecule has 2 unspecified atom stereocenters. The average Bonchev–Trinajstić information content (AvgIpc) is 3.51. The van der Waals surface area contributed by atoms with Crippen LogP contribution in [0.2, 0.25) is 0 Å². The van der Waals surface area contributed by atoms with Gasteiger partial charge in [0.2, 0.25) is 11.8 Å². The largest absolute Gasteiger partial charge is 0.497 e. The number of aromatic nitrogens is 1. The molecule has 7 heteroatoms. The first-order valence-electron chi connectivity index (χ1n) is 8.89. The smallest absolute Gasteiger partial charge is 0.224 e. The van der Waals surface area contributed by atoms with Gasteiger partial charge in [-0.15, -0.1) is 0 Å². The summed E-state index contributed by atoms with van der Waals surface area (Å²) in [5, 5.41) is 5.64. The van der Waals surface area contributed by atoms with E-state index in [4.69, 9.17) is 9.47 Å². The molecule has 0 spiro atoms. The summed E-state index contributed by atoms with van der Waals surface area (Å²) in [5.41, 5.74) is 0.795. The second-order valence-corrected chi connectivity index (χ2v) is 6.30. The van der Waals surface area contributed by atoms with Crippen LogP contribution in [0.1, 0.15) is 12.1 Å². The van der Waals surface area contributed by atoms with E-state index in [1.54, 1.807) is 13.3 Å². The molecule has 2 amide bonds. The van der Waals surface area contributed by atoms with Crippen molar-refractivity contribution in [3.8, 4) is 11.5 Å². The standard InChI is InChI=1S/C20H23N3O4/c1-26-15-5-7-16(8-6-15)27-11-10-22-19(24)17-12-18(17)20(25)23-13-14-4-2-3-9-21-14/h2-9,17-18H,10-13H2,1H3,(H,22,24)(H,23,25). The molecule has 2 N–H and O–H groups in total. The molecule has 1 aliphatic carbocycles. The SMILES string of the molecule is COc1ccc(OCCNC(=O)C2CC2C(=O)NCc2ccccn2)cc1. The summed E-state index contributed by atoms with van der Waals surface area (Å²) < 4.78 is 10.6. The Morgan fingerprint density at radius 2 is 1.74 bits per heavy atom. The van der Waals surface area contributed by atoms with Crippen molar-refractivity contribution < 1.29 is 19.1 Å². The number of methoxy groups -OCH3 is 1. The summed E-state index contributed by atoms with van der Waals surface area (Å²) in [6.45, 7) is 1.13. The quantitative estimate of drug-likeness (QED) is 0.655. The molecule has 1 aliphatic rings. The molecule has 1 heterocycles. The third kappa shape index (κ3) is 5.44. The van der Waals surface area contributed by atoms with Gasteiger partial charge in [0.05, 0.1) is 37.7 Å². The Hall–Kier alpha value is -3.09. The first-order chi connectivity index (χ1) is 13.2. The highest BCUT2D eigenvalue weighted by molar-refractivity contribution is 5.92. The summed E-state index contributed by atoms with van der Waals surface area (Å²) in [6, 6.07) is 12.8. The summed E-state index contributed by atoms with van der Waals surface area (Å²) >= 11 is 0. The van der Waals surface area contributed by atoms with Gasteiger partial charge in [0.1, 0.15) is 18.1 Å². The van der Waals surface area contributed by atoms with Gasteiger partial charge in [0.15, 0.2) is 0 Å². The Bertz CT molecular complexity index is 765. The van der Waals surface area contributed by atoms with E-state index in [1.165, 1.54) is 0 Å². The van der Waals surface area contributed by atoms with Gasteiger partial charge in [-0.3, -0.25) is 14.6 Å². The number of benzene rings is 1. The highest BCUT2D eigenvalue weighted by Crippen LogP contribution is 2.38. The molecule has 3 rings (SSSR count). The third-order valence-electron chi connectivity index (χ3n) is 4.36. The molecule has 1 aromatic heterocycles.